The van der Waals surface area contributed by atoms with Crippen LogP contribution in [0.3, 0.4) is 0 Å². The molecule has 1 aliphatic rings. The molecular formula is C21H22O2. The summed E-state index contributed by atoms with van der Waals surface area (Å²) in [7, 11) is 0. The Morgan fingerprint density at radius 3 is 2.74 bits per heavy atom. The fourth-order valence-corrected chi connectivity index (χ4v) is 2.43. The standard InChI is InChI=1S/C21H22O2/c1-3-18-12-10-11-13-19(18)16-20-14-8-6-4-5-7-9-15-21(20)23-17(2)22/h10-13,16,21H,3-7H2,1-2H3/b20-16+. The van der Waals surface area contributed by atoms with Gasteiger partial charge in [-0.25, -0.2) is 0 Å². The van der Waals surface area contributed by atoms with Gasteiger partial charge in [0.2, 0.25) is 0 Å². The number of ether oxygens (including phenoxy) is 1. The summed E-state index contributed by atoms with van der Waals surface area (Å²) in [6.45, 7) is 3.53. The van der Waals surface area contributed by atoms with Gasteiger partial charge in [-0.2, -0.15) is 0 Å². The SMILES string of the molecule is CCc1ccccc1/C=C1\C#CCCCCC#CC1OC(C)=O. The summed E-state index contributed by atoms with van der Waals surface area (Å²) in [6, 6.07) is 8.20. The molecule has 0 N–H and O–H groups in total. The monoisotopic (exact) mass is 306 g/mol. The van der Waals surface area contributed by atoms with Gasteiger partial charge >= 0.3 is 5.97 Å². The van der Waals surface area contributed by atoms with Crippen molar-refractivity contribution in [2.75, 3.05) is 0 Å². The van der Waals surface area contributed by atoms with Gasteiger partial charge in [-0.15, -0.1) is 0 Å². The minimum atomic E-state index is -0.581. The molecule has 118 valence electrons. The molecule has 23 heavy (non-hydrogen) atoms. The number of rotatable bonds is 3. The Morgan fingerprint density at radius 2 is 2.00 bits per heavy atom. The van der Waals surface area contributed by atoms with Crippen LogP contribution in [0.4, 0.5) is 0 Å². The van der Waals surface area contributed by atoms with Crippen molar-refractivity contribution in [2.45, 2.75) is 52.1 Å². The van der Waals surface area contributed by atoms with E-state index in [1.165, 1.54) is 12.5 Å². The molecule has 1 atom stereocenters. The fraction of sp³-hybridized carbons (Fsp3) is 0.381. The van der Waals surface area contributed by atoms with Gasteiger partial charge in [0.25, 0.3) is 0 Å². The van der Waals surface area contributed by atoms with Gasteiger partial charge in [-0.05, 0) is 36.5 Å². The number of esters is 1. The van der Waals surface area contributed by atoms with Crippen LogP contribution in [-0.4, -0.2) is 12.1 Å². The Hall–Kier alpha value is -2.45. The van der Waals surface area contributed by atoms with Gasteiger partial charge in [-0.3, -0.25) is 4.79 Å². The number of benzene rings is 1. The van der Waals surface area contributed by atoms with E-state index in [2.05, 4.69) is 42.7 Å². The second kappa shape index (κ2) is 8.86. The van der Waals surface area contributed by atoms with E-state index in [9.17, 15) is 4.79 Å². The second-order valence-corrected chi connectivity index (χ2v) is 5.47. The molecule has 0 aliphatic heterocycles. The first-order chi connectivity index (χ1) is 11.2. The number of aryl methyl sites for hydroxylation is 1. The molecule has 0 spiro atoms. The summed E-state index contributed by atoms with van der Waals surface area (Å²) in [4.78, 5) is 11.4. The zero-order valence-electron chi connectivity index (χ0n) is 13.8. The van der Waals surface area contributed by atoms with Crippen LogP contribution in [0.25, 0.3) is 6.08 Å². The molecule has 0 radical (unpaired) electrons. The molecule has 0 bridgehead atoms. The minimum Gasteiger partial charge on any atom is -0.444 e. The average Bonchev–Trinajstić information content (AvgIpc) is 2.55. The summed E-state index contributed by atoms with van der Waals surface area (Å²) in [6.07, 6.45) is 6.13. The van der Waals surface area contributed by atoms with E-state index in [-0.39, 0.29) is 5.97 Å². The minimum absolute atomic E-state index is 0.335. The van der Waals surface area contributed by atoms with Crippen molar-refractivity contribution in [1.29, 1.82) is 0 Å². The van der Waals surface area contributed by atoms with Crippen molar-refractivity contribution in [1.82, 2.24) is 0 Å². The topological polar surface area (TPSA) is 26.3 Å². The summed E-state index contributed by atoms with van der Waals surface area (Å²) in [5.41, 5.74) is 3.11. The summed E-state index contributed by atoms with van der Waals surface area (Å²) in [5, 5.41) is 0. The molecule has 2 nitrogen and oxygen atoms in total. The maximum atomic E-state index is 11.4. The van der Waals surface area contributed by atoms with Crippen LogP contribution in [0.2, 0.25) is 0 Å². The predicted octanol–water partition coefficient (Wildman–Crippen LogP) is 4.14. The zero-order chi connectivity index (χ0) is 16.5. The van der Waals surface area contributed by atoms with Crippen LogP contribution in [-0.2, 0) is 16.0 Å². The van der Waals surface area contributed by atoms with Gasteiger partial charge in [0, 0.05) is 19.8 Å². The molecule has 0 saturated carbocycles. The van der Waals surface area contributed by atoms with Crippen LogP contribution >= 0.6 is 0 Å². The van der Waals surface area contributed by atoms with Crippen molar-refractivity contribution in [3.63, 3.8) is 0 Å². The van der Waals surface area contributed by atoms with E-state index in [0.29, 0.717) is 0 Å². The van der Waals surface area contributed by atoms with E-state index in [1.54, 1.807) is 0 Å². The van der Waals surface area contributed by atoms with Crippen LogP contribution in [0.1, 0.15) is 50.7 Å². The smallest absolute Gasteiger partial charge is 0.304 e. The number of hydrogen-bond donors (Lipinski definition) is 0. The molecule has 2 rings (SSSR count). The average molecular weight is 306 g/mol. The molecule has 0 fully saturated rings. The lowest BCUT2D eigenvalue weighted by Gasteiger charge is -2.13. The van der Waals surface area contributed by atoms with E-state index in [1.807, 2.05) is 18.2 Å². The van der Waals surface area contributed by atoms with Crippen LogP contribution in [0.15, 0.2) is 29.8 Å². The lowest BCUT2D eigenvalue weighted by Crippen LogP contribution is -2.16. The van der Waals surface area contributed by atoms with Gasteiger partial charge in [0.05, 0.1) is 5.57 Å². The van der Waals surface area contributed by atoms with Crippen molar-refractivity contribution in [2.24, 2.45) is 0 Å². The highest BCUT2D eigenvalue weighted by Crippen LogP contribution is 2.17. The third-order valence-corrected chi connectivity index (χ3v) is 3.63. The molecule has 1 aliphatic carbocycles. The Bertz CT molecular complexity index is 705. The molecule has 0 aromatic heterocycles. The maximum absolute atomic E-state index is 11.4. The molecule has 0 heterocycles. The molecule has 2 heteroatoms. The maximum Gasteiger partial charge on any atom is 0.304 e. The van der Waals surface area contributed by atoms with Crippen molar-refractivity contribution < 1.29 is 9.53 Å². The van der Waals surface area contributed by atoms with Gasteiger partial charge < -0.3 is 4.74 Å². The van der Waals surface area contributed by atoms with Crippen molar-refractivity contribution in [3.8, 4) is 23.7 Å². The summed E-state index contributed by atoms with van der Waals surface area (Å²) < 4.78 is 5.40. The quantitative estimate of drug-likeness (QED) is 0.619. The molecule has 0 amide bonds. The first-order valence-corrected chi connectivity index (χ1v) is 8.14. The second-order valence-electron chi connectivity index (χ2n) is 5.47. The van der Waals surface area contributed by atoms with E-state index in [4.69, 9.17) is 4.74 Å². The number of hydrogen-bond acceptors (Lipinski definition) is 2. The van der Waals surface area contributed by atoms with Crippen LogP contribution in [0.5, 0.6) is 0 Å². The Morgan fingerprint density at radius 1 is 1.26 bits per heavy atom. The lowest BCUT2D eigenvalue weighted by atomic mass is 10.00. The zero-order valence-corrected chi connectivity index (χ0v) is 13.8. The van der Waals surface area contributed by atoms with E-state index < -0.39 is 6.10 Å². The molecule has 0 saturated heterocycles. The normalized spacial score (nSPS) is 19.0. The first kappa shape index (κ1) is 16.9. The highest BCUT2D eigenvalue weighted by molar-refractivity contribution is 5.69. The lowest BCUT2D eigenvalue weighted by molar-refractivity contribution is -0.142. The van der Waals surface area contributed by atoms with Gasteiger partial charge in [0.15, 0.2) is 6.10 Å². The number of carbonyl (C=O) groups is 1. The first-order valence-electron chi connectivity index (χ1n) is 8.14. The Balaban J connectivity index is 2.44. The summed E-state index contributed by atoms with van der Waals surface area (Å²) >= 11 is 0. The van der Waals surface area contributed by atoms with E-state index >= 15 is 0 Å². The van der Waals surface area contributed by atoms with Crippen molar-refractivity contribution in [3.05, 3.63) is 41.0 Å². The number of carbonyl (C=O) groups excluding carboxylic acids is 1. The highest BCUT2D eigenvalue weighted by atomic mass is 16.5. The summed E-state index contributed by atoms with van der Waals surface area (Å²) in [5.74, 6) is 12.2. The molecular weight excluding hydrogens is 284 g/mol. The third kappa shape index (κ3) is 5.35. The molecule has 1 aromatic rings. The van der Waals surface area contributed by atoms with E-state index in [0.717, 1.165) is 43.2 Å². The molecule has 1 unspecified atom stereocenters. The Kier molecular flexibility index (Phi) is 6.52. The fourth-order valence-electron chi connectivity index (χ4n) is 2.43. The third-order valence-electron chi connectivity index (χ3n) is 3.63. The Labute approximate surface area is 138 Å². The predicted molar refractivity (Wildman–Crippen MR) is 93.4 cm³/mol. The van der Waals surface area contributed by atoms with Gasteiger partial charge in [0.1, 0.15) is 0 Å². The van der Waals surface area contributed by atoms with Crippen LogP contribution in [0, 0.1) is 23.7 Å². The largest absolute Gasteiger partial charge is 0.444 e. The highest BCUT2D eigenvalue weighted by Gasteiger charge is 2.14. The van der Waals surface area contributed by atoms with Crippen molar-refractivity contribution >= 4 is 12.0 Å². The molecule has 1 aromatic carbocycles. The van der Waals surface area contributed by atoms with Gasteiger partial charge in [-0.1, -0.05) is 54.9 Å². The van der Waals surface area contributed by atoms with Crippen LogP contribution < -0.4 is 0 Å².